The second-order valence-corrected chi connectivity index (χ2v) is 5.18. The van der Waals surface area contributed by atoms with E-state index in [0.29, 0.717) is 32.7 Å². The molecule has 0 radical (unpaired) electrons. The van der Waals surface area contributed by atoms with E-state index in [9.17, 15) is 14.4 Å². The van der Waals surface area contributed by atoms with Crippen molar-refractivity contribution in [2.45, 2.75) is 47.1 Å². The number of hydrogen-bond donors (Lipinski definition) is 2. The van der Waals surface area contributed by atoms with Gasteiger partial charge in [0.2, 0.25) is 11.8 Å². The molecule has 2 N–H and O–H groups in total. The van der Waals surface area contributed by atoms with Crippen molar-refractivity contribution in [1.29, 1.82) is 0 Å². The minimum absolute atomic E-state index is 0.00661. The van der Waals surface area contributed by atoms with Crippen LogP contribution in [0.25, 0.3) is 0 Å². The molecular weight excluding hydrogens is 328 g/mol. The van der Waals surface area contributed by atoms with E-state index in [1.807, 2.05) is 27.7 Å². The molecule has 0 rings (SSSR count). The third-order valence-corrected chi connectivity index (χ3v) is 2.52. The predicted octanol–water partition coefficient (Wildman–Crippen LogP) is 0.682. The molecule has 0 aliphatic heterocycles. The molecule has 0 saturated carbocycles. The van der Waals surface area contributed by atoms with Crippen molar-refractivity contribution in [3.8, 4) is 0 Å². The summed E-state index contributed by atoms with van der Waals surface area (Å²) < 4.78 is 15.4. The molecule has 0 saturated heterocycles. The molecule has 0 atom stereocenters. The summed E-state index contributed by atoms with van der Waals surface area (Å²) in [6.07, 6.45) is 0.387. The topological polar surface area (TPSA) is 103 Å². The zero-order chi connectivity index (χ0) is 19.5. The maximum Gasteiger partial charge on any atom is 0.246 e. The van der Waals surface area contributed by atoms with Crippen molar-refractivity contribution < 1.29 is 28.6 Å². The van der Waals surface area contributed by atoms with Gasteiger partial charge in [-0.25, -0.2) is 0 Å². The third kappa shape index (κ3) is 22.5. The second kappa shape index (κ2) is 18.8. The first-order valence-corrected chi connectivity index (χ1v) is 8.71. The smallest absolute Gasteiger partial charge is 0.246 e. The Labute approximate surface area is 151 Å². The Morgan fingerprint density at radius 1 is 0.840 bits per heavy atom. The van der Waals surface area contributed by atoms with Crippen LogP contribution >= 0.6 is 0 Å². The molecule has 0 fully saturated rings. The van der Waals surface area contributed by atoms with Gasteiger partial charge in [-0.2, -0.15) is 0 Å². The van der Waals surface area contributed by atoms with Gasteiger partial charge >= 0.3 is 0 Å². The van der Waals surface area contributed by atoms with Gasteiger partial charge in [0.1, 0.15) is 19.0 Å². The first-order valence-electron chi connectivity index (χ1n) is 8.71. The predicted molar refractivity (Wildman–Crippen MR) is 95.4 cm³/mol. The van der Waals surface area contributed by atoms with Gasteiger partial charge in [-0.1, -0.05) is 13.8 Å². The summed E-state index contributed by atoms with van der Waals surface area (Å²) in [7, 11) is 0. The van der Waals surface area contributed by atoms with Gasteiger partial charge in [0.05, 0.1) is 25.9 Å². The number of Topliss-reactive ketones (excluding diaryl/α,β-unsaturated/α-hetero) is 1. The lowest BCUT2D eigenvalue weighted by molar-refractivity contribution is -0.127. The number of nitrogens with one attached hydrogen (secondary N) is 2. The van der Waals surface area contributed by atoms with Crippen LogP contribution in [-0.2, 0) is 28.6 Å². The largest absolute Gasteiger partial charge is 0.379 e. The highest BCUT2D eigenvalue weighted by Crippen LogP contribution is 1.86. The molecule has 0 aliphatic carbocycles. The van der Waals surface area contributed by atoms with Gasteiger partial charge in [0.15, 0.2) is 0 Å². The fraction of sp³-hybridized carbons (Fsp3) is 0.824. The fourth-order valence-electron chi connectivity index (χ4n) is 1.35. The Kier molecular flexibility index (Phi) is 19.4. The van der Waals surface area contributed by atoms with Crippen molar-refractivity contribution in [1.82, 2.24) is 10.6 Å². The standard InChI is InChI=1S/C15H28N2O6.C2H6/c1-12(2)23-11-15(20)17-6-9-22-10-14(19)16-5-8-21-7-4-13(3)18;1-2/h12H,4-11H2,1-3H3,(H,16,19)(H,17,20);1-2H3. The number of amides is 2. The van der Waals surface area contributed by atoms with Gasteiger partial charge in [0.25, 0.3) is 0 Å². The lowest BCUT2D eigenvalue weighted by Crippen LogP contribution is -2.34. The Hall–Kier alpha value is -1.51. The number of hydrogen-bond acceptors (Lipinski definition) is 6. The van der Waals surface area contributed by atoms with Crippen molar-refractivity contribution in [2.75, 3.05) is 46.1 Å². The Morgan fingerprint density at radius 3 is 1.88 bits per heavy atom. The van der Waals surface area contributed by atoms with E-state index in [1.165, 1.54) is 6.92 Å². The number of carbonyl (C=O) groups excluding carboxylic acids is 3. The van der Waals surface area contributed by atoms with Crippen molar-refractivity contribution >= 4 is 17.6 Å². The van der Waals surface area contributed by atoms with Gasteiger partial charge in [-0.3, -0.25) is 14.4 Å². The third-order valence-electron chi connectivity index (χ3n) is 2.52. The minimum atomic E-state index is -0.255. The molecular formula is C17H34N2O6. The first kappa shape index (κ1) is 25.7. The summed E-state index contributed by atoms with van der Waals surface area (Å²) in [6.45, 7) is 10.8. The summed E-state index contributed by atoms with van der Waals surface area (Å²) in [5, 5.41) is 5.24. The molecule has 0 bridgehead atoms. The van der Waals surface area contributed by atoms with E-state index in [2.05, 4.69) is 10.6 Å². The van der Waals surface area contributed by atoms with E-state index in [0.717, 1.165) is 0 Å². The van der Waals surface area contributed by atoms with Crippen molar-refractivity contribution in [3.63, 3.8) is 0 Å². The van der Waals surface area contributed by atoms with Gasteiger partial charge in [-0.15, -0.1) is 0 Å². The molecule has 25 heavy (non-hydrogen) atoms. The quantitative estimate of drug-likeness (QED) is 0.441. The summed E-state index contributed by atoms with van der Waals surface area (Å²) in [5.41, 5.74) is 0. The molecule has 0 aliphatic rings. The molecule has 8 nitrogen and oxygen atoms in total. The highest BCUT2D eigenvalue weighted by Gasteiger charge is 2.04. The highest BCUT2D eigenvalue weighted by atomic mass is 16.5. The van der Waals surface area contributed by atoms with E-state index >= 15 is 0 Å². The van der Waals surface area contributed by atoms with Gasteiger partial charge < -0.3 is 24.8 Å². The van der Waals surface area contributed by atoms with Crippen LogP contribution in [0.2, 0.25) is 0 Å². The highest BCUT2D eigenvalue weighted by molar-refractivity contribution is 5.77. The summed E-state index contributed by atoms with van der Waals surface area (Å²) in [6, 6.07) is 0. The number of carbonyl (C=O) groups is 3. The van der Waals surface area contributed by atoms with Crippen molar-refractivity contribution in [2.24, 2.45) is 0 Å². The number of ketones is 1. The van der Waals surface area contributed by atoms with Crippen LogP contribution < -0.4 is 10.6 Å². The van der Waals surface area contributed by atoms with Crippen LogP contribution in [0.5, 0.6) is 0 Å². The molecule has 0 aromatic carbocycles. The minimum Gasteiger partial charge on any atom is -0.379 e. The summed E-state index contributed by atoms with van der Waals surface area (Å²) in [5.74, 6) is -0.394. The average Bonchev–Trinajstić information content (AvgIpc) is 2.57. The van der Waals surface area contributed by atoms with E-state index in [-0.39, 0.29) is 43.5 Å². The van der Waals surface area contributed by atoms with Crippen LogP contribution in [0.15, 0.2) is 0 Å². The Morgan fingerprint density at radius 2 is 1.36 bits per heavy atom. The molecule has 148 valence electrons. The van der Waals surface area contributed by atoms with Crippen LogP contribution in [0.3, 0.4) is 0 Å². The lowest BCUT2D eigenvalue weighted by atomic mass is 10.3. The second-order valence-electron chi connectivity index (χ2n) is 5.18. The molecule has 2 amide bonds. The maximum absolute atomic E-state index is 11.4. The fourth-order valence-corrected chi connectivity index (χ4v) is 1.35. The SMILES string of the molecule is CC.CC(=O)CCOCCNC(=O)COCCNC(=O)COC(C)C. The van der Waals surface area contributed by atoms with Gasteiger partial charge in [0, 0.05) is 19.5 Å². The Bertz CT molecular complexity index is 361. The summed E-state index contributed by atoms with van der Waals surface area (Å²) >= 11 is 0. The Balaban J connectivity index is 0. The average molecular weight is 362 g/mol. The zero-order valence-electron chi connectivity index (χ0n) is 16.2. The van der Waals surface area contributed by atoms with Crippen LogP contribution in [0.4, 0.5) is 0 Å². The van der Waals surface area contributed by atoms with E-state index < -0.39 is 0 Å². The first-order chi connectivity index (χ1) is 11.9. The van der Waals surface area contributed by atoms with E-state index in [1.54, 1.807) is 0 Å². The molecule has 0 spiro atoms. The van der Waals surface area contributed by atoms with Crippen LogP contribution in [-0.4, -0.2) is 69.8 Å². The normalized spacial score (nSPS) is 10.0. The van der Waals surface area contributed by atoms with Crippen molar-refractivity contribution in [3.05, 3.63) is 0 Å². The summed E-state index contributed by atoms with van der Waals surface area (Å²) in [4.78, 5) is 33.4. The molecule has 0 heterocycles. The number of rotatable bonds is 14. The molecule has 0 unspecified atom stereocenters. The van der Waals surface area contributed by atoms with E-state index in [4.69, 9.17) is 14.2 Å². The monoisotopic (exact) mass is 362 g/mol. The molecule has 8 heteroatoms. The lowest BCUT2D eigenvalue weighted by Gasteiger charge is -2.09. The number of ether oxygens (including phenoxy) is 3. The van der Waals surface area contributed by atoms with Crippen LogP contribution in [0, 0.1) is 0 Å². The van der Waals surface area contributed by atoms with Gasteiger partial charge in [-0.05, 0) is 20.8 Å². The van der Waals surface area contributed by atoms with Crippen LogP contribution in [0.1, 0.15) is 41.0 Å². The molecule has 0 aromatic rings. The molecule has 0 aromatic heterocycles. The maximum atomic E-state index is 11.4. The zero-order valence-corrected chi connectivity index (χ0v) is 16.2.